The molecular weight excluding hydrogens is 252 g/mol. The molecule has 3 N–H and O–H groups in total. The maximum atomic E-state index is 11.3. The van der Waals surface area contributed by atoms with Crippen LogP contribution in [0.1, 0.15) is 37.8 Å². The van der Waals surface area contributed by atoms with Crippen molar-refractivity contribution in [3.8, 4) is 5.75 Å². The van der Waals surface area contributed by atoms with Gasteiger partial charge in [0.05, 0.1) is 12.6 Å². The summed E-state index contributed by atoms with van der Waals surface area (Å²) in [6.07, 6.45) is 4.15. The molecule has 0 radical (unpaired) electrons. The van der Waals surface area contributed by atoms with E-state index in [2.05, 4.69) is 17.4 Å². The maximum Gasteiger partial charge on any atom is 0.234 e. The van der Waals surface area contributed by atoms with Crippen LogP contribution < -0.4 is 15.8 Å². The highest BCUT2D eigenvalue weighted by Crippen LogP contribution is 2.26. The number of nitrogens with one attached hydrogen (secondary N) is 1. The van der Waals surface area contributed by atoms with Crippen LogP contribution in [0.3, 0.4) is 0 Å². The Hall–Kier alpha value is -1.55. The Kier molecular flexibility index (Phi) is 5.01. The number of nitrogens with two attached hydrogens (primary N) is 1. The number of fused-ring (bicyclic) bond motifs is 1. The highest BCUT2D eigenvalue weighted by atomic mass is 16.5. The van der Waals surface area contributed by atoms with Crippen molar-refractivity contribution in [1.29, 1.82) is 0 Å². The summed E-state index contributed by atoms with van der Waals surface area (Å²) in [5.74, 6) is 0.565. The van der Waals surface area contributed by atoms with Crippen LogP contribution in [0, 0.1) is 0 Å². The fourth-order valence-corrected chi connectivity index (χ4v) is 2.64. The molecule has 110 valence electrons. The maximum absolute atomic E-state index is 11.3. The van der Waals surface area contributed by atoms with E-state index in [1.54, 1.807) is 0 Å². The van der Waals surface area contributed by atoms with Crippen molar-refractivity contribution in [2.24, 2.45) is 5.73 Å². The van der Waals surface area contributed by atoms with Gasteiger partial charge in [0.1, 0.15) is 5.75 Å². The molecule has 0 aliphatic heterocycles. The fraction of sp³-hybridized carbons (Fsp3) is 0.562. The SMILES string of the molecule is CC(C)NC(CCOc1ccc2c(c1)CCC2)C(N)=O. The molecule has 0 heterocycles. The first kappa shape index (κ1) is 14.9. The van der Waals surface area contributed by atoms with Crippen LogP contribution in [-0.2, 0) is 17.6 Å². The predicted molar refractivity (Wildman–Crippen MR) is 79.8 cm³/mol. The van der Waals surface area contributed by atoms with E-state index in [1.807, 2.05) is 19.9 Å². The second kappa shape index (κ2) is 6.75. The zero-order valence-corrected chi connectivity index (χ0v) is 12.3. The van der Waals surface area contributed by atoms with Crippen molar-refractivity contribution >= 4 is 5.91 Å². The summed E-state index contributed by atoms with van der Waals surface area (Å²) in [4.78, 5) is 11.3. The molecule has 4 heteroatoms. The van der Waals surface area contributed by atoms with E-state index in [9.17, 15) is 4.79 Å². The minimum atomic E-state index is -0.329. The number of hydrogen-bond acceptors (Lipinski definition) is 3. The predicted octanol–water partition coefficient (Wildman–Crippen LogP) is 1.80. The van der Waals surface area contributed by atoms with Crippen molar-refractivity contribution < 1.29 is 9.53 Å². The minimum absolute atomic E-state index is 0.229. The molecule has 0 spiro atoms. The molecule has 1 unspecified atom stereocenters. The van der Waals surface area contributed by atoms with Gasteiger partial charge in [-0.25, -0.2) is 0 Å². The quantitative estimate of drug-likeness (QED) is 0.798. The average molecular weight is 276 g/mol. The molecule has 1 aliphatic carbocycles. The van der Waals surface area contributed by atoms with Gasteiger partial charge in [-0.3, -0.25) is 4.79 Å². The van der Waals surface area contributed by atoms with Crippen molar-refractivity contribution in [3.63, 3.8) is 0 Å². The van der Waals surface area contributed by atoms with Gasteiger partial charge in [-0.15, -0.1) is 0 Å². The van der Waals surface area contributed by atoms with Crippen molar-refractivity contribution in [3.05, 3.63) is 29.3 Å². The lowest BCUT2D eigenvalue weighted by Crippen LogP contribution is -2.45. The van der Waals surface area contributed by atoms with Crippen LogP contribution in [0.25, 0.3) is 0 Å². The lowest BCUT2D eigenvalue weighted by molar-refractivity contribution is -0.120. The summed E-state index contributed by atoms with van der Waals surface area (Å²) in [7, 11) is 0. The number of amides is 1. The van der Waals surface area contributed by atoms with Gasteiger partial charge >= 0.3 is 0 Å². The van der Waals surface area contributed by atoms with Crippen molar-refractivity contribution in [2.45, 2.75) is 51.6 Å². The van der Waals surface area contributed by atoms with Gasteiger partial charge in [-0.2, -0.15) is 0 Å². The van der Waals surface area contributed by atoms with Gasteiger partial charge in [0.15, 0.2) is 0 Å². The molecule has 0 saturated heterocycles. The third-order valence-electron chi connectivity index (χ3n) is 3.62. The smallest absolute Gasteiger partial charge is 0.234 e. The number of hydrogen-bond donors (Lipinski definition) is 2. The summed E-state index contributed by atoms with van der Waals surface area (Å²) >= 11 is 0. The van der Waals surface area contributed by atoms with Gasteiger partial charge in [0.25, 0.3) is 0 Å². The summed E-state index contributed by atoms with van der Waals surface area (Å²) in [5, 5.41) is 3.15. The molecule has 1 aliphatic rings. The third kappa shape index (κ3) is 3.97. The summed E-state index contributed by atoms with van der Waals surface area (Å²) in [6, 6.07) is 6.18. The molecule has 1 atom stereocenters. The summed E-state index contributed by atoms with van der Waals surface area (Å²) in [6.45, 7) is 4.49. The first-order valence-corrected chi connectivity index (χ1v) is 7.36. The van der Waals surface area contributed by atoms with Crippen molar-refractivity contribution in [1.82, 2.24) is 5.32 Å². The van der Waals surface area contributed by atoms with E-state index in [-0.39, 0.29) is 18.0 Å². The van der Waals surface area contributed by atoms with Crippen LogP contribution in [-0.4, -0.2) is 24.6 Å². The molecule has 0 fully saturated rings. The highest BCUT2D eigenvalue weighted by molar-refractivity contribution is 5.79. The normalized spacial score (nSPS) is 15.2. The second-order valence-corrected chi connectivity index (χ2v) is 5.70. The van der Waals surface area contributed by atoms with E-state index in [0.29, 0.717) is 13.0 Å². The number of carbonyl (C=O) groups is 1. The largest absolute Gasteiger partial charge is 0.494 e. The fourth-order valence-electron chi connectivity index (χ4n) is 2.64. The average Bonchev–Trinajstić information content (AvgIpc) is 2.84. The lowest BCUT2D eigenvalue weighted by Gasteiger charge is -2.18. The topological polar surface area (TPSA) is 64.3 Å². The highest BCUT2D eigenvalue weighted by Gasteiger charge is 2.16. The molecular formula is C16H24N2O2. The second-order valence-electron chi connectivity index (χ2n) is 5.70. The van der Waals surface area contributed by atoms with E-state index in [4.69, 9.17) is 10.5 Å². The van der Waals surface area contributed by atoms with Crippen LogP contribution in [0.4, 0.5) is 0 Å². The molecule has 20 heavy (non-hydrogen) atoms. The summed E-state index contributed by atoms with van der Waals surface area (Å²) in [5.41, 5.74) is 8.22. The van der Waals surface area contributed by atoms with Crippen LogP contribution in [0.5, 0.6) is 5.75 Å². The molecule has 0 aromatic heterocycles. The van der Waals surface area contributed by atoms with Crippen molar-refractivity contribution in [2.75, 3.05) is 6.61 Å². The van der Waals surface area contributed by atoms with Gasteiger partial charge in [-0.1, -0.05) is 19.9 Å². The molecule has 4 nitrogen and oxygen atoms in total. The Bertz CT molecular complexity index is 472. The first-order chi connectivity index (χ1) is 9.56. The van der Waals surface area contributed by atoms with Crippen LogP contribution in [0.2, 0.25) is 0 Å². The Morgan fingerprint density at radius 2 is 2.10 bits per heavy atom. The van der Waals surface area contributed by atoms with Gasteiger partial charge in [0, 0.05) is 12.5 Å². The Morgan fingerprint density at radius 1 is 1.35 bits per heavy atom. The molecule has 2 rings (SSSR count). The Morgan fingerprint density at radius 3 is 2.80 bits per heavy atom. The number of primary amides is 1. The van der Waals surface area contributed by atoms with Crippen LogP contribution in [0.15, 0.2) is 18.2 Å². The van der Waals surface area contributed by atoms with E-state index in [0.717, 1.165) is 12.2 Å². The molecule has 1 aromatic carbocycles. The van der Waals surface area contributed by atoms with Gasteiger partial charge in [-0.05, 0) is 42.5 Å². The van der Waals surface area contributed by atoms with Crippen LogP contribution >= 0.6 is 0 Å². The number of benzene rings is 1. The zero-order valence-electron chi connectivity index (χ0n) is 12.3. The molecule has 0 bridgehead atoms. The molecule has 1 aromatic rings. The van der Waals surface area contributed by atoms with Gasteiger partial charge < -0.3 is 15.8 Å². The third-order valence-corrected chi connectivity index (χ3v) is 3.62. The van der Waals surface area contributed by atoms with E-state index in [1.165, 1.54) is 24.0 Å². The van der Waals surface area contributed by atoms with Gasteiger partial charge in [0.2, 0.25) is 5.91 Å². The number of rotatable bonds is 7. The zero-order chi connectivity index (χ0) is 14.5. The number of ether oxygens (including phenoxy) is 1. The standard InChI is InChI=1S/C16H24N2O2/c1-11(2)18-15(16(17)19)8-9-20-14-7-6-12-4-3-5-13(12)10-14/h6-7,10-11,15,18H,3-5,8-9H2,1-2H3,(H2,17,19). The molecule has 0 saturated carbocycles. The Balaban J connectivity index is 1.84. The van der Waals surface area contributed by atoms with E-state index < -0.39 is 0 Å². The monoisotopic (exact) mass is 276 g/mol. The number of carbonyl (C=O) groups excluding carboxylic acids is 1. The lowest BCUT2D eigenvalue weighted by atomic mass is 10.1. The minimum Gasteiger partial charge on any atom is -0.494 e. The van der Waals surface area contributed by atoms with E-state index >= 15 is 0 Å². The Labute approximate surface area is 120 Å². The molecule has 1 amide bonds. The summed E-state index contributed by atoms with van der Waals surface area (Å²) < 4.78 is 5.75. The number of aryl methyl sites for hydroxylation is 2. The first-order valence-electron chi connectivity index (χ1n) is 7.36.